The molecule has 6 nitrogen and oxygen atoms in total. The summed E-state index contributed by atoms with van der Waals surface area (Å²) in [6.07, 6.45) is 5.21. The molecule has 3 heterocycles. The number of hydrogen-bond donors (Lipinski definition) is 2. The van der Waals surface area contributed by atoms with Crippen molar-refractivity contribution in [1.82, 2.24) is 15.2 Å². The number of H-pyrrole nitrogens is 1. The highest BCUT2D eigenvalue weighted by Gasteiger charge is 2.25. The molecule has 1 saturated heterocycles. The lowest BCUT2D eigenvalue weighted by Crippen LogP contribution is -2.41. The highest BCUT2D eigenvalue weighted by molar-refractivity contribution is 5.93. The summed E-state index contributed by atoms with van der Waals surface area (Å²) >= 11 is 0. The standard InChI is InChI=1S/C18H23N3O3/c1-13-7-8-14(18(23)20-13)17(22)19-12-15(16-6-5-11-24-16)21-9-3-2-4-10-21/h5-8,11,15H,2-4,9-10,12H2,1H3,(H,19,22)(H,20,23). The molecule has 1 fully saturated rings. The number of aryl methyl sites for hydroxylation is 1. The first kappa shape index (κ1) is 16.5. The fourth-order valence-corrected chi connectivity index (χ4v) is 3.16. The first-order valence-electron chi connectivity index (χ1n) is 8.41. The number of hydrogen-bond acceptors (Lipinski definition) is 4. The lowest BCUT2D eigenvalue weighted by atomic mass is 10.1. The van der Waals surface area contributed by atoms with Gasteiger partial charge in [-0.25, -0.2) is 0 Å². The van der Waals surface area contributed by atoms with E-state index < -0.39 is 0 Å². The Morgan fingerprint density at radius 2 is 2.08 bits per heavy atom. The number of piperidine rings is 1. The first-order valence-corrected chi connectivity index (χ1v) is 8.41. The lowest BCUT2D eigenvalue weighted by molar-refractivity contribution is 0.0912. The molecule has 0 spiro atoms. The second-order valence-corrected chi connectivity index (χ2v) is 6.22. The number of carbonyl (C=O) groups is 1. The highest BCUT2D eigenvalue weighted by atomic mass is 16.3. The number of rotatable bonds is 5. The van der Waals surface area contributed by atoms with Crippen LogP contribution in [0.15, 0.2) is 39.7 Å². The molecule has 2 aromatic rings. The monoisotopic (exact) mass is 329 g/mol. The van der Waals surface area contributed by atoms with Crippen LogP contribution in [0.1, 0.15) is 47.1 Å². The van der Waals surface area contributed by atoms with Crippen molar-refractivity contribution in [3.8, 4) is 0 Å². The summed E-state index contributed by atoms with van der Waals surface area (Å²) in [5.41, 5.74) is 0.510. The lowest BCUT2D eigenvalue weighted by Gasteiger charge is -2.33. The molecule has 1 aliphatic heterocycles. The zero-order chi connectivity index (χ0) is 16.9. The topological polar surface area (TPSA) is 78.3 Å². The summed E-state index contributed by atoms with van der Waals surface area (Å²) < 4.78 is 5.57. The van der Waals surface area contributed by atoms with Gasteiger partial charge in [0.15, 0.2) is 0 Å². The van der Waals surface area contributed by atoms with Crippen LogP contribution in [0, 0.1) is 6.92 Å². The SMILES string of the molecule is Cc1ccc(C(=O)NCC(c2ccco2)N2CCCCC2)c(=O)[nH]1. The molecule has 0 aromatic carbocycles. The van der Waals surface area contributed by atoms with E-state index in [0.717, 1.165) is 37.4 Å². The summed E-state index contributed by atoms with van der Waals surface area (Å²) in [6, 6.07) is 7.08. The van der Waals surface area contributed by atoms with Crippen molar-refractivity contribution in [3.05, 3.63) is 57.9 Å². The summed E-state index contributed by atoms with van der Waals surface area (Å²) in [4.78, 5) is 29.3. The molecule has 1 atom stereocenters. The van der Waals surface area contributed by atoms with Gasteiger partial charge in [0.25, 0.3) is 11.5 Å². The van der Waals surface area contributed by atoms with E-state index in [1.165, 1.54) is 6.42 Å². The number of amides is 1. The molecule has 2 aromatic heterocycles. The smallest absolute Gasteiger partial charge is 0.260 e. The van der Waals surface area contributed by atoms with Crippen LogP contribution in [0.3, 0.4) is 0 Å². The van der Waals surface area contributed by atoms with Crippen molar-refractivity contribution in [2.75, 3.05) is 19.6 Å². The molecule has 2 N–H and O–H groups in total. The molecule has 128 valence electrons. The average molecular weight is 329 g/mol. The van der Waals surface area contributed by atoms with Crippen LogP contribution < -0.4 is 10.9 Å². The van der Waals surface area contributed by atoms with Gasteiger partial charge in [-0.05, 0) is 57.1 Å². The van der Waals surface area contributed by atoms with E-state index in [2.05, 4.69) is 15.2 Å². The molecule has 24 heavy (non-hydrogen) atoms. The Kier molecular flexibility index (Phi) is 5.15. The molecule has 1 amide bonds. The van der Waals surface area contributed by atoms with Crippen LogP contribution in [0.2, 0.25) is 0 Å². The molecular formula is C18H23N3O3. The Labute approximate surface area is 140 Å². The number of pyridine rings is 1. The Morgan fingerprint density at radius 3 is 2.75 bits per heavy atom. The average Bonchev–Trinajstić information content (AvgIpc) is 3.10. The van der Waals surface area contributed by atoms with Gasteiger partial charge in [-0.1, -0.05) is 6.42 Å². The van der Waals surface area contributed by atoms with Crippen LogP contribution in [0.25, 0.3) is 0 Å². The number of nitrogens with one attached hydrogen (secondary N) is 2. The Balaban J connectivity index is 1.71. The minimum absolute atomic E-state index is 0.00576. The minimum atomic E-state index is -0.361. The summed E-state index contributed by atoms with van der Waals surface area (Å²) in [5, 5.41) is 2.88. The van der Waals surface area contributed by atoms with E-state index >= 15 is 0 Å². The van der Waals surface area contributed by atoms with Crippen molar-refractivity contribution < 1.29 is 9.21 Å². The Morgan fingerprint density at radius 1 is 1.29 bits per heavy atom. The van der Waals surface area contributed by atoms with Gasteiger partial charge in [0.05, 0.1) is 12.3 Å². The number of carbonyl (C=O) groups excluding carboxylic acids is 1. The van der Waals surface area contributed by atoms with Gasteiger partial charge in [0.1, 0.15) is 11.3 Å². The molecular weight excluding hydrogens is 306 g/mol. The number of aromatic nitrogens is 1. The van der Waals surface area contributed by atoms with Gasteiger partial charge in [0, 0.05) is 12.2 Å². The maximum atomic E-state index is 12.4. The first-order chi connectivity index (χ1) is 11.6. The van der Waals surface area contributed by atoms with Crippen molar-refractivity contribution in [1.29, 1.82) is 0 Å². The van der Waals surface area contributed by atoms with E-state index in [1.807, 2.05) is 12.1 Å². The van der Waals surface area contributed by atoms with Crippen molar-refractivity contribution in [2.24, 2.45) is 0 Å². The minimum Gasteiger partial charge on any atom is -0.468 e. The normalized spacial score (nSPS) is 16.7. The molecule has 0 saturated carbocycles. The van der Waals surface area contributed by atoms with E-state index in [0.29, 0.717) is 6.54 Å². The van der Waals surface area contributed by atoms with E-state index in [1.54, 1.807) is 25.3 Å². The summed E-state index contributed by atoms with van der Waals surface area (Å²) in [6.45, 7) is 4.19. The second kappa shape index (κ2) is 7.49. The molecule has 6 heteroatoms. The molecule has 0 aliphatic carbocycles. The van der Waals surface area contributed by atoms with E-state index in [9.17, 15) is 9.59 Å². The van der Waals surface area contributed by atoms with Gasteiger partial charge in [0.2, 0.25) is 0 Å². The van der Waals surface area contributed by atoms with Crippen LogP contribution in [-0.4, -0.2) is 35.4 Å². The fourth-order valence-electron chi connectivity index (χ4n) is 3.16. The van der Waals surface area contributed by atoms with Gasteiger partial charge in [-0.3, -0.25) is 14.5 Å². The number of aromatic amines is 1. The molecule has 3 rings (SSSR count). The van der Waals surface area contributed by atoms with Crippen LogP contribution >= 0.6 is 0 Å². The van der Waals surface area contributed by atoms with Crippen LogP contribution in [-0.2, 0) is 0 Å². The number of furan rings is 1. The number of likely N-dealkylation sites (tertiary alicyclic amines) is 1. The van der Waals surface area contributed by atoms with Gasteiger partial charge >= 0.3 is 0 Å². The van der Waals surface area contributed by atoms with E-state index in [-0.39, 0.29) is 23.1 Å². The predicted octanol–water partition coefficient (Wildman–Crippen LogP) is 2.23. The van der Waals surface area contributed by atoms with Crippen molar-refractivity contribution >= 4 is 5.91 Å². The van der Waals surface area contributed by atoms with Crippen molar-refractivity contribution in [3.63, 3.8) is 0 Å². The van der Waals surface area contributed by atoms with Gasteiger partial charge in [-0.15, -0.1) is 0 Å². The molecule has 0 bridgehead atoms. The highest BCUT2D eigenvalue weighted by Crippen LogP contribution is 2.24. The third-order valence-electron chi connectivity index (χ3n) is 4.46. The van der Waals surface area contributed by atoms with Gasteiger partial charge < -0.3 is 14.7 Å². The van der Waals surface area contributed by atoms with Crippen molar-refractivity contribution in [2.45, 2.75) is 32.2 Å². The van der Waals surface area contributed by atoms with Crippen LogP contribution in [0.5, 0.6) is 0 Å². The van der Waals surface area contributed by atoms with Gasteiger partial charge in [-0.2, -0.15) is 0 Å². The molecule has 0 radical (unpaired) electrons. The second-order valence-electron chi connectivity index (χ2n) is 6.22. The third kappa shape index (κ3) is 3.76. The largest absolute Gasteiger partial charge is 0.468 e. The quantitative estimate of drug-likeness (QED) is 0.882. The summed E-state index contributed by atoms with van der Waals surface area (Å²) in [7, 11) is 0. The summed E-state index contributed by atoms with van der Waals surface area (Å²) in [5.74, 6) is 0.486. The fraction of sp³-hybridized carbons (Fsp3) is 0.444. The maximum Gasteiger partial charge on any atom is 0.260 e. The van der Waals surface area contributed by atoms with E-state index in [4.69, 9.17) is 4.42 Å². The Hall–Kier alpha value is -2.34. The maximum absolute atomic E-state index is 12.4. The third-order valence-corrected chi connectivity index (χ3v) is 4.46. The zero-order valence-electron chi connectivity index (χ0n) is 13.9. The molecule has 1 unspecified atom stereocenters. The predicted molar refractivity (Wildman–Crippen MR) is 91.0 cm³/mol. The zero-order valence-corrected chi connectivity index (χ0v) is 13.9. The Bertz CT molecular complexity index is 730. The van der Waals surface area contributed by atoms with Crippen LogP contribution in [0.4, 0.5) is 0 Å². The number of nitrogens with zero attached hydrogens (tertiary/aromatic N) is 1. The molecule has 1 aliphatic rings.